The number of nitrogens with zero attached hydrogens (tertiary/aromatic N) is 7. The summed E-state index contributed by atoms with van der Waals surface area (Å²) in [5.74, 6) is 0. The molecular weight excluding hydrogens is 743 g/mol. The molecule has 0 atom stereocenters. The van der Waals surface area contributed by atoms with Crippen molar-refractivity contribution in [3.8, 4) is 11.1 Å². The molecule has 9 rings (SSSR count). The first-order valence-corrected chi connectivity index (χ1v) is 18.8. The van der Waals surface area contributed by atoms with Gasteiger partial charge in [-0.05, 0) is 57.9 Å². The van der Waals surface area contributed by atoms with Crippen molar-refractivity contribution in [3.05, 3.63) is 157 Å². The van der Waals surface area contributed by atoms with Crippen LogP contribution in [0, 0.1) is 0 Å². The maximum absolute atomic E-state index is 13.1. The molecule has 12 heteroatoms. The fraction of sp³-hybridized carbons (Fsp3) is 0.103. The molecule has 0 fully saturated rings. The predicted octanol–water partition coefficient (Wildman–Crippen LogP) is 8.32. The van der Waals surface area contributed by atoms with E-state index in [0.717, 1.165) is 63.6 Å². The molecule has 0 aliphatic carbocycles. The van der Waals surface area contributed by atoms with E-state index >= 15 is 0 Å². The van der Waals surface area contributed by atoms with E-state index in [1.807, 2.05) is 83.6 Å². The first-order valence-electron chi connectivity index (χ1n) is 16.2. The summed E-state index contributed by atoms with van der Waals surface area (Å²) in [4.78, 5) is 39.0. The summed E-state index contributed by atoms with van der Waals surface area (Å²) >= 11 is 6.49. The van der Waals surface area contributed by atoms with Gasteiger partial charge in [0, 0.05) is 68.2 Å². The highest BCUT2D eigenvalue weighted by Gasteiger charge is 2.14. The Hall–Kier alpha value is -5.43. The van der Waals surface area contributed by atoms with Gasteiger partial charge in [-0.15, -0.1) is 22.7 Å². The molecule has 0 spiro atoms. The minimum absolute atomic E-state index is 0.0589. The van der Waals surface area contributed by atoms with E-state index in [4.69, 9.17) is 0 Å². The zero-order valence-corrected chi connectivity index (χ0v) is 30.2. The molecule has 9 nitrogen and oxygen atoms in total. The number of fused-ring (bicyclic) bond motifs is 4. The molecule has 0 saturated carbocycles. The molecule has 7 aromatic heterocycles. The maximum Gasteiger partial charge on any atom is 0.276 e. The van der Waals surface area contributed by atoms with Crippen LogP contribution in [0.4, 0.5) is 0 Å². The number of hydrogen-bond donors (Lipinski definition) is 0. The largest absolute Gasteiger partial charge is 0.276 e. The molecule has 0 aliphatic heterocycles. The lowest BCUT2D eigenvalue weighted by Gasteiger charge is -2.06. The zero-order valence-electron chi connectivity index (χ0n) is 27.0. The molecule has 0 aliphatic rings. The molecule has 0 bridgehead atoms. The highest BCUT2D eigenvalue weighted by Crippen LogP contribution is 2.31. The lowest BCUT2D eigenvalue weighted by molar-refractivity contribution is 0.580. The van der Waals surface area contributed by atoms with E-state index < -0.39 is 0 Å². The van der Waals surface area contributed by atoms with Gasteiger partial charge in [-0.2, -0.15) is 10.2 Å². The van der Waals surface area contributed by atoms with Crippen LogP contribution >= 0.6 is 38.6 Å². The summed E-state index contributed by atoms with van der Waals surface area (Å²) in [6, 6.07) is 28.0. The standard InChI is InChI=1S/C22H16N4OS.C17H12BrN3OS/c27-22-21-18(15-7-10-23-11-8-15)14-28-20(21)13-24-26(22)12-9-17-6-5-16-3-1-2-4-19(16)25-17;18-13-10-23-15-9-19-21(17(22)16(13)15)8-7-12-6-5-11-3-1-2-4-14(11)20-12/h1-8,10-11,13-14H,9,12H2;1-6,9-10H,7-8H2. The minimum atomic E-state index is -0.0636. The van der Waals surface area contributed by atoms with Crippen molar-refractivity contribution in [2.75, 3.05) is 0 Å². The maximum atomic E-state index is 13.1. The number of aromatic nitrogens is 7. The Bertz CT molecular complexity index is 2790. The van der Waals surface area contributed by atoms with Crippen LogP contribution in [0.5, 0.6) is 0 Å². The molecule has 0 radical (unpaired) electrons. The van der Waals surface area contributed by atoms with E-state index in [1.165, 1.54) is 32.0 Å². The first kappa shape index (κ1) is 32.8. The van der Waals surface area contributed by atoms with Crippen molar-refractivity contribution in [2.45, 2.75) is 25.9 Å². The highest BCUT2D eigenvalue weighted by atomic mass is 79.9. The second-order valence-corrected chi connectivity index (χ2v) is 14.5. The third kappa shape index (κ3) is 6.85. The summed E-state index contributed by atoms with van der Waals surface area (Å²) in [5.41, 5.74) is 5.66. The van der Waals surface area contributed by atoms with Crippen LogP contribution in [0.1, 0.15) is 11.4 Å². The number of rotatable bonds is 7. The minimum Gasteiger partial charge on any atom is -0.267 e. The number of para-hydroxylation sites is 2. The van der Waals surface area contributed by atoms with Crippen LogP contribution in [-0.4, -0.2) is 34.5 Å². The summed E-state index contributed by atoms with van der Waals surface area (Å²) in [6.07, 6.45) is 8.33. The molecule has 51 heavy (non-hydrogen) atoms. The molecule has 0 N–H and O–H groups in total. The van der Waals surface area contributed by atoms with Gasteiger partial charge in [-0.25, -0.2) is 9.36 Å². The number of benzene rings is 2. The van der Waals surface area contributed by atoms with Gasteiger partial charge in [0.2, 0.25) is 0 Å². The van der Waals surface area contributed by atoms with Gasteiger partial charge >= 0.3 is 0 Å². The Morgan fingerprint density at radius 3 is 1.75 bits per heavy atom. The number of halogens is 1. The quantitative estimate of drug-likeness (QED) is 0.160. The Morgan fingerprint density at radius 1 is 0.608 bits per heavy atom. The van der Waals surface area contributed by atoms with E-state index in [-0.39, 0.29) is 11.1 Å². The van der Waals surface area contributed by atoms with Gasteiger partial charge in [0.1, 0.15) is 0 Å². The van der Waals surface area contributed by atoms with E-state index in [2.05, 4.69) is 53.2 Å². The number of thiophene rings is 2. The van der Waals surface area contributed by atoms with Gasteiger partial charge < -0.3 is 0 Å². The van der Waals surface area contributed by atoms with Crippen molar-refractivity contribution in [3.63, 3.8) is 0 Å². The van der Waals surface area contributed by atoms with Crippen molar-refractivity contribution in [1.29, 1.82) is 0 Å². The molecule has 2 aromatic carbocycles. The van der Waals surface area contributed by atoms with Gasteiger partial charge in [0.05, 0.1) is 56.7 Å². The van der Waals surface area contributed by atoms with Crippen molar-refractivity contribution in [1.82, 2.24) is 34.5 Å². The van der Waals surface area contributed by atoms with E-state index in [1.54, 1.807) is 24.8 Å². The second-order valence-electron chi connectivity index (χ2n) is 11.8. The Balaban J connectivity index is 0.000000150. The Morgan fingerprint density at radius 2 is 1.14 bits per heavy atom. The van der Waals surface area contributed by atoms with Crippen LogP contribution in [0.3, 0.4) is 0 Å². The summed E-state index contributed by atoms with van der Waals surface area (Å²) in [6.45, 7) is 1.01. The molecule has 7 heterocycles. The monoisotopic (exact) mass is 769 g/mol. The predicted molar refractivity (Wildman–Crippen MR) is 210 cm³/mol. The van der Waals surface area contributed by atoms with E-state index in [0.29, 0.717) is 31.3 Å². The van der Waals surface area contributed by atoms with Crippen LogP contribution in [0.15, 0.2) is 135 Å². The fourth-order valence-corrected chi connectivity index (χ4v) is 8.44. The van der Waals surface area contributed by atoms with Crippen LogP contribution < -0.4 is 11.1 Å². The molecule has 0 amide bonds. The topological polar surface area (TPSA) is 108 Å². The smallest absolute Gasteiger partial charge is 0.267 e. The van der Waals surface area contributed by atoms with E-state index in [9.17, 15) is 9.59 Å². The van der Waals surface area contributed by atoms with Crippen molar-refractivity contribution in [2.24, 2.45) is 0 Å². The molecule has 0 saturated heterocycles. The number of pyridine rings is 3. The third-order valence-electron chi connectivity index (χ3n) is 8.58. The molecule has 0 unspecified atom stereocenters. The van der Waals surface area contributed by atoms with Crippen LogP contribution in [-0.2, 0) is 25.9 Å². The van der Waals surface area contributed by atoms with Crippen molar-refractivity contribution < 1.29 is 0 Å². The summed E-state index contributed by atoms with van der Waals surface area (Å²) in [5, 5.41) is 16.2. The van der Waals surface area contributed by atoms with Gasteiger partial charge in [-0.1, -0.05) is 48.5 Å². The third-order valence-corrected chi connectivity index (χ3v) is 11.3. The lowest BCUT2D eigenvalue weighted by Crippen LogP contribution is -2.23. The van der Waals surface area contributed by atoms with Gasteiger partial charge in [-0.3, -0.25) is 24.5 Å². The second kappa shape index (κ2) is 14.4. The Labute approximate surface area is 307 Å². The first-order chi connectivity index (χ1) is 25.0. The van der Waals surface area contributed by atoms with Crippen LogP contribution in [0.2, 0.25) is 0 Å². The summed E-state index contributed by atoms with van der Waals surface area (Å²) < 4.78 is 5.69. The summed E-state index contributed by atoms with van der Waals surface area (Å²) in [7, 11) is 0. The fourth-order valence-electron chi connectivity index (χ4n) is 5.95. The zero-order chi connectivity index (χ0) is 34.7. The lowest BCUT2D eigenvalue weighted by atomic mass is 10.1. The average Bonchev–Trinajstić information content (AvgIpc) is 3.79. The Kier molecular flexibility index (Phi) is 9.27. The van der Waals surface area contributed by atoms with Gasteiger partial charge in [0.25, 0.3) is 11.1 Å². The number of hydrogen-bond acceptors (Lipinski definition) is 9. The van der Waals surface area contributed by atoms with Gasteiger partial charge in [0.15, 0.2) is 0 Å². The molecule has 250 valence electrons. The SMILES string of the molecule is O=c1c2c(-c3ccncc3)csc2cnn1CCc1ccc2ccccc2n1.O=c1c2c(Br)csc2cnn1CCc1ccc2ccccc2n1. The molecular formula is C39H28BrN7O2S2. The number of aryl methyl sites for hydroxylation is 4. The average molecular weight is 771 g/mol. The van der Waals surface area contributed by atoms with Crippen molar-refractivity contribution >= 4 is 80.6 Å². The van der Waals surface area contributed by atoms with Crippen LogP contribution in [0.25, 0.3) is 53.1 Å². The molecule has 9 aromatic rings. The highest BCUT2D eigenvalue weighted by molar-refractivity contribution is 9.10. The normalized spacial score (nSPS) is 11.3.